The summed E-state index contributed by atoms with van der Waals surface area (Å²) in [4.78, 5) is 55.8. The Morgan fingerprint density at radius 3 is 1.59 bits per heavy atom. The van der Waals surface area contributed by atoms with E-state index < -0.39 is 26.0 Å². The first-order valence-electron chi connectivity index (χ1n) is 16.3. The second-order valence-electron chi connectivity index (χ2n) is 13.5. The number of ether oxygens (including phenoxy) is 2. The van der Waals surface area contributed by atoms with E-state index in [-0.39, 0.29) is 30.9 Å². The van der Waals surface area contributed by atoms with Gasteiger partial charge in [0, 0.05) is 56.2 Å². The van der Waals surface area contributed by atoms with Crippen LogP contribution in [0.1, 0.15) is 83.1 Å². The first-order chi connectivity index (χ1) is 24.1. The molecule has 4 rings (SSSR count). The van der Waals surface area contributed by atoms with Gasteiger partial charge >= 0.3 is 34.7 Å². The number of aromatic nitrogens is 4. The standard InChI is InChI=1S/C16H26N4O3S.C16H24N4O3S.Mn.2O/c2*1-16(2,3)23-15(22)20-7-5-12(6-8-20)18-13-11(10-21)9-17-14(19-13)24-4;;;/h9,12,21H,5-8,10H2,1-4H3,(H,17,18,19);9-10,12H,5-8H2,1-4H3,(H,17,18,19);;;. The molecule has 0 aromatic carbocycles. The fraction of sp³-hybridized carbons (Fsp3) is 0.656. The Kier molecular flexibility index (Phi) is 18.4. The molecular formula is C32H50MnN8O8S2. The SMILES string of the molecule is CSc1ncc(C=O)c(NC2CCN(C(=O)OC(C)(C)C)CC2)n1.CSc1ncc(CO)c(NC2CCN(C(=O)OC(C)(C)C)CC2)n1.[O]=[Mn]=[O]. The van der Waals surface area contributed by atoms with E-state index in [0.717, 1.165) is 32.0 Å². The van der Waals surface area contributed by atoms with Crippen molar-refractivity contribution in [2.75, 3.05) is 49.3 Å². The molecule has 2 amide bonds. The summed E-state index contributed by atoms with van der Waals surface area (Å²) in [5.41, 5.74) is 0.169. The molecule has 3 N–H and O–H groups in total. The number of amides is 2. The van der Waals surface area contributed by atoms with Gasteiger partial charge in [0.2, 0.25) is 0 Å². The molecule has 2 aromatic rings. The van der Waals surface area contributed by atoms with Gasteiger partial charge in [0.25, 0.3) is 0 Å². The van der Waals surface area contributed by atoms with Gasteiger partial charge < -0.3 is 35.0 Å². The zero-order chi connectivity index (χ0) is 38.2. The molecule has 51 heavy (non-hydrogen) atoms. The summed E-state index contributed by atoms with van der Waals surface area (Å²) in [6.45, 7) is 13.6. The van der Waals surface area contributed by atoms with E-state index in [2.05, 4.69) is 30.6 Å². The summed E-state index contributed by atoms with van der Waals surface area (Å²) in [6, 6.07) is 0.366. The first-order valence-corrected chi connectivity index (χ1v) is 19.7. The number of nitrogens with zero attached hydrogens (tertiary/aromatic N) is 6. The third-order valence-electron chi connectivity index (χ3n) is 7.27. The van der Waals surface area contributed by atoms with Crippen molar-refractivity contribution in [2.24, 2.45) is 0 Å². The molecule has 0 unspecified atom stereocenters. The predicted octanol–water partition coefficient (Wildman–Crippen LogP) is 5.08. The van der Waals surface area contributed by atoms with Gasteiger partial charge in [-0.05, 0) is 79.7 Å². The quantitative estimate of drug-likeness (QED) is 0.138. The Bertz CT molecular complexity index is 1470. The Morgan fingerprint density at radius 1 is 0.824 bits per heavy atom. The van der Waals surface area contributed by atoms with E-state index in [1.165, 1.54) is 29.7 Å². The number of rotatable bonds is 8. The Labute approximate surface area is 314 Å². The summed E-state index contributed by atoms with van der Waals surface area (Å²) in [5, 5.41) is 17.4. The number of anilines is 2. The minimum atomic E-state index is -1.44. The van der Waals surface area contributed by atoms with Gasteiger partial charge in [0.05, 0.1) is 12.2 Å². The molecule has 19 heteroatoms. The van der Waals surface area contributed by atoms with Crippen molar-refractivity contribution < 1.29 is 51.5 Å². The van der Waals surface area contributed by atoms with Gasteiger partial charge in [0.1, 0.15) is 22.8 Å². The zero-order valence-electron chi connectivity index (χ0n) is 30.4. The molecule has 4 heterocycles. The van der Waals surface area contributed by atoms with Gasteiger partial charge in [-0.25, -0.2) is 29.5 Å². The number of carbonyl (C=O) groups excluding carboxylic acids is 3. The van der Waals surface area contributed by atoms with E-state index in [0.29, 0.717) is 59.3 Å². The molecule has 0 aliphatic carbocycles. The molecule has 0 bridgehead atoms. The summed E-state index contributed by atoms with van der Waals surface area (Å²) in [6.07, 6.45) is 10.4. The van der Waals surface area contributed by atoms with Crippen LogP contribution >= 0.6 is 23.5 Å². The van der Waals surface area contributed by atoms with Crippen LogP contribution in [0.4, 0.5) is 21.2 Å². The summed E-state index contributed by atoms with van der Waals surface area (Å²) in [7, 11) is 0. The Hall–Kier alpha value is -3.25. The number of piperidine rings is 2. The number of thioether (sulfide) groups is 2. The summed E-state index contributed by atoms with van der Waals surface area (Å²) < 4.78 is 27.6. The fourth-order valence-corrected chi connectivity index (χ4v) is 5.54. The maximum atomic E-state index is 12.1. The van der Waals surface area contributed by atoms with Crippen LogP contribution in [-0.4, -0.2) is 115 Å². The van der Waals surface area contributed by atoms with E-state index in [1.54, 1.807) is 16.0 Å². The van der Waals surface area contributed by atoms with Crippen LogP contribution in [0.15, 0.2) is 22.7 Å². The van der Waals surface area contributed by atoms with Crippen molar-refractivity contribution in [1.82, 2.24) is 29.7 Å². The molecule has 2 aliphatic heterocycles. The van der Waals surface area contributed by atoms with Crippen molar-refractivity contribution in [3.05, 3.63) is 23.5 Å². The molecule has 0 atom stereocenters. The molecule has 2 fully saturated rings. The number of likely N-dealkylation sites (tertiary alicyclic amines) is 2. The Balaban J connectivity index is 0.000000328. The first kappa shape index (κ1) is 43.9. The van der Waals surface area contributed by atoms with Crippen molar-refractivity contribution in [3.63, 3.8) is 0 Å². The average Bonchev–Trinajstić information content (AvgIpc) is 3.08. The molecule has 16 nitrogen and oxygen atoms in total. The number of aldehydes is 1. The molecule has 2 aliphatic rings. The third-order valence-corrected chi connectivity index (χ3v) is 8.40. The molecule has 0 spiro atoms. The van der Waals surface area contributed by atoms with Crippen LogP contribution in [-0.2, 0) is 38.6 Å². The third kappa shape index (κ3) is 15.9. The topological polar surface area (TPSA) is 206 Å². The predicted molar refractivity (Wildman–Crippen MR) is 189 cm³/mol. The fourth-order valence-electron chi connectivity index (χ4n) is 4.86. The van der Waals surface area contributed by atoms with Gasteiger partial charge in [0.15, 0.2) is 16.6 Å². The molecule has 2 aromatic heterocycles. The average molecular weight is 794 g/mol. The van der Waals surface area contributed by atoms with Crippen LogP contribution in [0.5, 0.6) is 0 Å². The van der Waals surface area contributed by atoms with Gasteiger partial charge in [-0.3, -0.25) is 4.79 Å². The Morgan fingerprint density at radius 2 is 1.22 bits per heavy atom. The summed E-state index contributed by atoms with van der Waals surface area (Å²) in [5.74, 6) is 1.23. The number of nitrogens with one attached hydrogen (secondary N) is 2. The molecule has 0 radical (unpaired) electrons. The van der Waals surface area contributed by atoms with Crippen LogP contribution in [0.2, 0.25) is 0 Å². The van der Waals surface area contributed by atoms with E-state index >= 15 is 0 Å². The molecule has 0 saturated carbocycles. The monoisotopic (exact) mass is 793 g/mol. The van der Waals surface area contributed by atoms with Crippen molar-refractivity contribution in [1.29, 1.82) is 0 Å². The normalized spacial score (nSPS) is 15.3. The van der Waals surface area contributed by atoms with Crippen molar-refractivity contribution in [3.8, 4) is 0 Å². The number of hydrogen-bond donors (Lipinski definition) is 3. The van der Waals surface area contributed by atoms with Crippen LogP contribution < -0.4 is 10.6 Å². The summed E-state index contributed by atoms with van der Waals surface area (Å²) >= 11 is 1.45. The van der Waals surface area contributed by atoms with Crippen LogP contribution in [0.25, 0.3) is 0 Å². The van der Waals surface area contributed by atoms with Gasteiger partial charge in [-0.2, -0.15) is 0 Å². The minimum absolute atomic E-state index is 0.103. The van der Waals surface area contributed by atoms with E-state index in [4.69, 9.17) is 17.1 Å². The van der Waals surface area contributed by atoms with Crippen LogP contribution in [0.3, 0.4) is 0 Å². The number of hydrogen-bond acceptors (Lipinski definition) is 16. The van der Waals surface area contributed by atoms with E-state index in [9.17, 15) is 19.5 Å². The van der Waals surface area contributed by atoms with Crippen molar-refractivity contribution in [2.45, 2.75) is 107 Å². The van der Waals surface area contributed by atoms with Gasteiger partial charge in [-0.1, -0.05) is 23.5 Å². The molecular weight excluding hydrogens is 743 g/mol. The number of aliphatic hydroxyl groups excluding tert-OH is 1. The van der Waals surface area contributed by atoms with E-state index in [1.807, 2.05) is 54.1 Å². The van der Waals surface area contributed by atoms with Crippen LogP contribution in [0, 0.1) is 0 Å². The zero-order valence-corrected chi connectivity index (χ0v) is 33.2. The number of aliphatic hydroxyl groups is 1. The maximum absolute atomic E-state index is 12.1. The molecule has 285 valence electrons. The number of carbonyl (C=O) groups is 3. The second kappa shape index (κ2) is 21.3. The molecule has 2 saturated heterocycles. The van der Waals surface area contributed by atoms with Gasteiger partial charge in [-0.15, -0.1) is 0 Å². The second-order valence-corrected chi connectivity index (χ2v) is 15.2. The van der Waals surface area contributed by atoms with Crippen molar-refractivity contribution >= 4 is 53.6 Å².